The van der Waals surface area contributed by atoms with Crippen LogP contribution in [0, 0.1) is 12.7 Å². The molecule has 0 radical (unpaired) electrons. The number of nitrogens with two attached hydrogens (primary N) is 1. The first-order valence-corrected chi connectivity index (χ1v) is 5.74. The number of halogens is 1. The Labute approximate surface area is 96.8 Å². The number of anilines is 1. The van der Waals surface area contributed by atoms with E-state index < -0.39 is 0 Å². The summed E-state index contributed by atoms with van der Waals surface area (Å²) in [5.74, 6) is 0.988. The maximum Gasteiger partial charge on any atom is 0.147 e. The maximum absolute atomic E-state index is 13.4. The molecule has 1 aromatic carbocycles. The Hall–Kier alpha value is -1.49. The number of nitrogen functional groups attached to an aromatic ring is 1. The summed E-state index contributed by atoms with van der Waals surface area (Å²) in [6.45, 7) is 1.85. The quantitative estimate of drug-likeness (QED) is 0.659. The molecule has 0 aliphatic heterocycles. The van der Waals surface area contributed by atoms with Gasteiger partial charge in [-0.2, -0.15) is 0 Å². The second-order valence-corrected chi connectivity index (χ2v) is 4.43. The fourth-order valence-electron chi connectivity index (χ4n) is 1.27. The third-order valence-corrected chi connectivity index (χ3v) is 3.07. The van der Waals surface area contributed by atoms with Crippen molar-refractivity contribution in [3.63, 3.8) is 0 Å². The molecule has 3 nitrogen and oxygen atoms in total. The van der Waals surface area contributed by atoms with Crippen LogP contribution >= 0.6 is 11.8 Å². The lowest BCUT2D eigenvalue weighted by Gasteiger charge is -2.01. The molecule has 0 fully saturated rings. The fraction of sp³-hybridized carbons (Fsp3) is 0.182. The van der Waals surface area contributed by atoms with Gasteiger partial charge >= 0.3 is 0 Å². The fourth-order valence-corrected chi connectivity index (χ4v) is 2.06. The van der Waals surface area contributed by atoms with E-state index in [1.807, 2.05) is 13.0 Å². The van der Waals surface area contributed by atoms with Gasteiger partial charge in [0.1, 0.15) is 11.6 Å². The molecule has 0 unspecified atom stereocenters. The minimum Gasteiger partial charge on any atom is -0.399 e. The average molecular weight is 238 g/mol. The highest BCUT2D eigenvalue weighted by molar-refractivity contribution is 7.98. The Bertz CT molecular complexity index is 498. The molecule has 16 heavy (non-hydrogen) atoms. The third-order valence-electron chi connectivity index (χ3n) is 2.00. The minimum absolute atomic E-state index is 0.304. The van der Waals surface area contributed by atoms with Gasteiger partial charge < -0.3 is 10.3 Å². The number of hydrogen-bond acceptors (Lipinski definition) is 4. The van der Waals surface area contributed by atoms with Crippen LogP contribution in [0.1, 0.15) is 11.5 Å². The molecule has 0 atom stereocenters. The Kier molecular flexibility index (Phi) is 3.14. The zero-order valence-corrected chi connectivity index (χ0v) is 9.55. The molecular formula is C11H11FN2OS. The molecule has 0 saturated carbocycles. The first-order chi connectivity index (χ1) is 7.65. The van der Waals surface area contributed by atoms with Crippen LogP contribution in [0.3, 0.4) is 0 Å². The van der Waals surface area contributed by atoms with Crippen molar-refractivity contribution in [3.05, 3.63) is 41.5 Å². The highest BCUT2D eigenvalue weighted by atomic mass is 32.2. The van der Waals surface area contributed by atoms with Gasteiger partial charge in [0.05, 0.1) is 11.4 Å². The summed E-state index contributed by atoms with van der Waals surface area (Å²) in [6, 6.07) is 6.49. The minimum atomic E-state index is -0.304. The Morgan fingerprint density at radius 1 is 1.44 bits per heavy atom. The van der Waals surface area contributed by atoms with Crippen molar-refractivity contribution in [2.24, 2.45) is 0 Å². The van der Waals surface area contributed by atoms with Crippen LogP contribution in [-0.4, -0.2) is 5.16 Å². The van der Waals surface area contributed by atoms with Crippen LogP contribution in [0.4, 0.5) is 10.1 Å². The summed E-state index contributed by atoms with van der Waals surface area (Å²) in [5, 5.41) is 3.76. The number of thioether (sulfide) groups is 1. The van der Waals surface area contributed by atoms with Crippen molar-refractivity contribution >= 4 is 17.4 Å². The van der Waals surface area contributed by atoms with Crippen LogP contribution < -0.4 is 5.73 Å². The van der Waals surface area contributed by atoms with Crippen molar-refractivity contribution in [2.75, 3.05) is 5.73 Å². The number of aromatic nitrogens is 1. The van der Waals surface area contributed by atoms with Gasteiger partial charge in [-0.05, 0) is 25.1 Å². The molecule has 2 aromatic rings. The molecule has 0 bridgehead atoms. The van der Waals surface area contributed by atoms with Gasteiger partial charge in [0.25, 0.3) is 0 Å². The van der Waals surface area contributed by atoms with Crippen LogP contribution in [-0.2, 0) is 5.75 Å². The highest BCUT2D eigenvalue weighted by Gasteiger charge is 2.06. The summed E-state index contributed by atoms with van der Waals surface area (Å²) < 4.78 is 18.4. The molecule has 0 amide bonds. The van der Waals surface area contributed by atoms with Crippen molar-refractivity contribution in [1.29, 1.82) is 0 Å². The van der Waals surface area contributed by atoms with E-state index in [0.717, 1.165) is 11.5 Å². The number of aryl methyl sites for hydroxylation is 1. The van der Waals surface area contributed by atoms with E-state index in [0.29, 0.717) is 16.3 Å². The lowest BCUT2D eigenvalue weighted by atomic mass is 10.3. The number of hydrogen-bond donors (Lipinski definition) is 1. The van der Waals surface area contributed by atoms with Gasteiger partial charge in [0.15, 0.2) is 0 Å². The topological polar surface area (TPSA) is 52.0 Å². The molecule has 0 aliphatic carbocycles. The van der Waals surface area contributed by atoms with Crippen molar-refractivity contribution in [2.45, 2.75) is 17.6 Å². The average Bonchev–Trinajstić information content (AvgIpc) is 2.63. The second kappa shape index (κ2) is 4.57. The van der Waals surface area contributed by atoms with Gasteiger partial charge in [-0.15, -0.1) is 11.8 Å². The smallest absolute Gasteiger partial charge is 0.147 e. The highest BCUT2D eigenvalue weighted by Crippen LogP contribution is 2.26. The van der Waals surface area contributed by atoms with Crippen LogP contribution in [0.2, 0.25) is 0 Å². The summed E-state index contributed by atoms with van der Waals surface area (Å²) in [4.78, 5) is 0.559. The molecule has 1 heterocycles. The van der Waals surface area contributed by atoms with Crippen LogP contribution in [0.25, 0.3) is 0 Å². The molecule has 2 rings (SSSR count). The van der Waals surface area contributed by atoms with Crippen molar-refractivity contribution in [3.8, 4) is 0 Å². The molecule has 1 aromatic heterocycles. The van der Waals surface area contributed by atoms with E-state index in [-0.39, 0.29) is 5.82 Å². The van der Waals surface area contributed by atoms with E-state index in [4.69, 9.17) is 10.3 Å². The Morgan fingerprint density at radius 3 is 2.88 bits per heavy atom. The lowest BCUT2D eigenvalue weighted by molar-refractivity contribution is 0.391. The Balaban J connectivity index is 2.04. The van der Waals surface area contributed by atoms with Crippen LogP contribution in [0.5, 0.6) is 0 Å². The largest absolute Gasteiger partial charge is 0.399 e. The molecule has 5 heteroatoms. The predicted molar refractivity (Wildman–Crippen MR) is 61.6 cm³/mol. The van der Waals surface area contributed by atoms with E-state index >= 15 is 0 Å². The Morgan fingerprint density at radius 2 is 2.25 bits per heavy atom. The van der Waals surface area contributed by atoms with E-state index in [1.165, 1.54) is 17.8 Å². The number of benzene rings is 1. The molecular weight excluding hydrogens is 227 g/mol. The summed E-state index contributed by atoms with van der Waals surface area (Å²) in [6.07, 6.45) is 0. The van der Waals surface area contributed by atoms with Gasteiger partial charge in [0, 0.05) is 16.6 Å². The predicted octanol–water partition coefficient (Wildman–Crippen LogP) is 3.00. The SMILES string of the molecule is Cc1cc(CSc2ccc(N)cc2F)on1. The summed E-state index contributed by atoms with van der Waals surface area (Å²) in [5.41, 5.74) is 6.72. The maximum atomic E-state index is 13.4. The number of nitrogens with zero attached hydrogens (tertiary/aromatic N) is 1. The molecule has 2 N–H and O–H groups in total. The van der Waals surface area contributed by atoms with E-state index in [9.17, 15) is 4.39 Å². The first kappa shape index (κ1) is 11.0. The third kappa shape index (κ3) is 2.55. The van der Waals surface area contributed by atoms with Crippen molar-refractivity contribution < 1.29 is 8.91 Å². The van der Waals surface area contributed by atoms with Crippen LogP contribution in [0.15, 0.2) is 33.7 Å². The van der Waals surface area contributed by atoms with Gasteiger partial charge in [-0.3, -0.25) is 0 Å². The molecule has 0 spiro atoms. The molecule has 84 valence electrons. The van der Waals surface area contributed by atoms with E-state index in [2.05, 4.69) is 5.16 Å². The van der Waals surface area contributed by atoms with Gasteiger partial charge in [0.2, 0.25) is 0 Å². The number of rotatable bonds is 3. The van der Waals surface area contributed by atoms with Gasteiger partial charge in [-0.25, -0.2) is 4.39 Å². The lowest BCUT2D eigenvalue weighted by Crippen LogP contribution is -1.88. The zero-order valence-electron chi connectivity index (χ0n) is 8.74. The molecule has 0 aliphatic rings. The first-order valence-electron chi connectivity index (χ1n) is 4.75. The van der Waals surface area contributed by atoms with E-state index in [1.54, 1.807) is 12.1 Å². The van der Waals surface area contributed by atoms with Crippen molar-refractivity contribution in [1.82, 2.24) is 5.16 Å². The van der Waals surface area contributed by atoms with Gasteiger partial charge in [-0.1, -0.05) is 5.16 Å². The summed E-state index contributed by atoms with van der Waals surface area (Å²) in [7, 11) is 0. The standard InChI is InChI=1S/C11H11FN2OS/c1-7-4-9(15-14-7)6-16-11-3-2-8(13)5-10(11)12/h2-5H,6,13H2,1H3. The summed E-state index contributed by atoms with van der Waals surface area (Å²) >= 11 is 1.36. The molecule has 0 saturated heterocycles. The monoisotopic (exact) mass is 238 g/mol. The normalized spacial score (nSPS) is 10.6. The second-order valence-electron chi connectivity index (χ2n) is 3.41. The zero-order chi connectivity index (χ0) is 11.5.